The number of nitrogens with one attached hydrogen (secondary N) is 2. The summed E-state index contributed by atoms with van der Waals surface area (Å²) in [6, 6.07) is 10.6. The molecule has 24 heavy (non-hydrogen) atoms. The molecule has 1 aromatic rings. The SMILES string of the molecule is CN=C(NCC(C)CN1CCOCC1)NCC(C)c1ccccc1. The van der Waals surface area contributed by atoms with E-state index >= 15 is 0 Å². The molecule has 2 N–H and O–H groups in total. The molecule has 0 bridgehead atoms. The van der Waals surface area contributed by atoms with E-state index in [1.54, 1.807) is 0 Å². The van der Waals surface area contributed by atoms with Crippen molar-refractivity contribution in [3.63, 3.8) is 0 Å². The van der Waals surface area contributed by atoms with E-state index in [0.29, 0.717) is 11.8 Å². The van der Waals surface area contributed by atoms with E-state index in [0.717, 1.165) is 51.9 Å². The van der Waals surface area contributed by atoms with Gasteiger partial charge in [-0.15, -0.1) is 0 Å². The fourth-order valence-electron chi connectivity index (χ4n) is 2.93. The van der Waals surface area contributed by atoms with Gasteiger partial charge in [-0.05, 0) is 17.4 Å². The lowest BCUT2D eigenvalue weighted by atomic mass is 10.0. The van der Waals surface area contributed by atoms with E-state index in [1.165, 1.54) is 5.56 Å². The summed E-state index contributed by atoms with van der Waals surface area (Å²) in [5, 5.41) is 6.88. The Kier molecular flexibility index (Phi) is 8.05. The zero-order chi connectivity index (χ0) is 17.2. The molecule has 1 aromatic carbocycles. The van der Waals surface area contributed by atoms with Gasteiger partial charge in [0, 0.05) is 39.8 Å². The zero-order valence-corrected chi connectivity index (χ0v) is 15.3. The fraction of sp³-hybridized carbons (Fsp3) is 0.632. The molecule has 2 unspecified atom stereocenters. The molecule has 134 valence electrons. The van der Waals surface area contributed by atoms with Gasteiger partial charge < -0.3 is 15.4 Å². The molecule has 1 aliphatic rings. The molecular weight excluding hydrogens is 300 g/mol. The van der Waals surface area contributed by atoms with Crippen molar-refractivity contribution < 1.29 is 4.74 Å². The molecule has 0 aliphatic carbocycles. The minimum absolute atomic E-state index is 0.454. The van der Waals surface area contributed by atoms with Crippen LogP contribution in [-0.4, -0.2) is 63.8 Å². The summed E-state index contributed by atoms with van der Waals surface area (Å²) in [6.45, 7) is 11.2. The molecule has 1 saturated heterocycles. The molecule has 0 radical (unpaired) electrons. The molecule has 2 atom stereocenters. The monoisotopic (exact) mass is 332 g/mol. The summed E-state index contributed by atoms with van der Waals surface area (Å²) in [5.41, 5.74) is 1.35. The van der Waals surface area contributed by atoms with Crippen LogP contribution in [0.2, 0.25) is 0 Å². The second kappa shape index (κ2) is 10.3. The third-order valence-electron chi connectivity index (χ3n) is 4.46. The minimum Gasteiger partial charge on any atom is -0.379 e. The number of guanidine groups is 1. The van der Waals surface area contributed by atoms with Crippen LogP contribution in [0.1, 0.15) is 25.3 Å². The normalized spacial score (nSPS) is 18.9. The van der Waals surface area contributed by atoms with E-state index in [1.807, 2.05) is 7.05 Å². The van der Waals surface area contributed by atoms with Crippen molar-refractivity contribution in [2.45, 2.75) is 19.8 Å². The molecule has 1 heterocycles. The van der Waals surface area contributed by atoms with Gasteiger partial charge in [-0.1, -0.05) is 44.2 Å². The second-order valence-corrected chi connectivity index (χ2v) is 6.66. The molecule has 0 amide bonds. The van der Waals surface area contributed by atoms with Crippen LogP contribution in [0.3, 0.4) is 0 Å². The van der Waals surface area contributed by atoms with Crippen LogP contribution in [0.5, 0.6) is 0 Å². The van der Waals surface area contributed by atoms with E-state index in [-0.39, 0.29) is 0 Å². The highest BCUT2D eigenvalue weighted by molar-refractivity contribution is 5.79. The van der Waals surface area contributed by atoms with Crippen molar-refractivity contribution in [3.8, 4) is 0 Å². The number of rotatable bonds is 7. The Hall–Kier alpha value is -1.59. The largest absolute Gasteiger partial charge is 0.379 e. The van der Waals surface area contributed by atoms with Gasteiger partial charge >= 0.3 is 0 Å². The second-order valence-electron chi connectivity index (χ2n) is 6.66. The van der Waals surface area contributed by atoms with Crippen molar-refractivity contribution in [3.05, 3.63) is 35.9 Å². The van der Waals surface area contributed by atoms with Crippen molar-refractivity contribution in [1.82, 2.24) is 15.5 Å². The first-order valence-electron chi connectivity index (χ1n) is 8.98. The average molecular weight is 332 g/mol. The van der Waals surface area contributed by atoms with E-state index < -0.39 is 0 Å². The number of ether oxygens (including phenoxy) is 1. The van der Waals surface area contributed by atoms with Crippen LogP contribution in [0.15, 0.2) is 35.3 Å². The summed E-state index contributed by atoms with van der Waals surface area (Å²) in [6.07, 6.45) is 0. The van der Waals surface area contributed by atoms with Gasteiger partial charge in [-0.3, -0.25) is 9.89 Å². The van der Waals surface area contributed by atoms with Gasteiger partial charge in [-0.2, -0.15) is 0 Å². The topological polar surface area (TPSA) is 48.9 Å². The van der Waals surface area contributed by atoms with Crippen LogP contribution in [-0.2, 0) is 4.74 Å². The molecule has 2 rings (SSSR count). The van der Waals surface area contributed by atoms with Crippen molar-refractivity contribution in [2.75, 3.05) is 53.0 Å². The Morgan fingerprint density at radius 2 is 1.79 bits per heavy atom. The number of hydrogen-bond acceptors (Lipinski definition) is 3. The standard InChI is InChI=1S/C19H32N4O/c1-16(15-23-9-11-24-12-10-23)13-21-19(20-3)22-14-17(2)18-7-5-4-6-8-18/h4-8,16-17H,9-15H2,1-3H3,(H2,20,21,22). The summed E-state index contributed by atoms with van der Waals surface area (Å²) in [5.74, 6) is 1.91. The molecule has 0 saturated carbocycles. The number of hydrogen-bond donors (Lipinski definition) is 2. The van der Waals surface area contributed by atoms with Gasteiger partial charge in [-0.25, -0.2) is 0 Å². The van der Waals surface area contributed by atoms with E-state index in [4.69, 9.17) is 4.74 Å². The van der Waals surface area contributed by atoms with Crippen molar-refractivity contribution in [2.24, 2.45) is 10.9 Å². The van der Waals surface area contributed by atoms with Gasteiger partial charge in [0.2, 0.25) is 0 Å². The smallest absolute Gasteiger partial charge is 0.191 e. The van der Waals surface area contributed by atoms with E-state index in [9.17, 15) is 0 Å². The number of aliphatic imine (C=N–C) groups is 1. The Morgan fingerprint density at radius 3 is 2.46 bits per heavy atom. The van der Waals surface area contributed by atoms with Crippen LogP contribution in [0, 0.1) is 5.92 Å². The van der Waals surface area contributed by atoms with Crippen LogP contribution in [0.4, 0.5) is 0 Å². The zero-order valence-electron chi connectivity index (χ0n) is 15.3. The lowest BCUT2D eigenvalue weighted by Crippen LogP contribution is -2.44. The van der Waals surface area contributed by atoms with E-state index in [2.05, 4.69) is 64.7 Å². The molecule has 5 nitrogen and oxygen atoms in total. The lowest BCUT2D eigenvalue weighted by molar-refractivity contribution is 0.0320. The maximum atomic E-state index is 5.40. The summed E-state index contributed by atoms with van der Waals surface area (Å²) in [4.78, 5) is 6.81. The Balaban J connectivity index is 1.68. The maximum Gasteiger partial charge on any atom is 0.191 e. The Morgan fingerprint density at radius 1 is 1.12 bits per heavy atom. The first-order chi connectivity index (χ1) is 11.7. The Labute approximate surface area is 146 Å². The molecule has 1 aliphatic heterocycles. The van der Waals surface area contributed by atoms with Gasteiger partial charge in [0.15, 0.2) is 5.96 Å². The maximum absolute atomic E-state index is 5.40. The van der Waals surface area contributed by atoms with Crippen molar-refractivity contribution >= 4 is 5.96 Å². The number of nitrogens with zero attached hydrogens (tertiary/aromatic N) is 2. The predicted molar refractivity (Wildman–Crippen MR) is 101 cm³/mol. The lowest BCUT2D eigenvalue weighted by Gasteiger charge is -2.29. The van der Waals surface area contributed by atoms with Crippen molar-refractivity contribution in [1.29, 1.82) is 0 Å². The fourth-order valence-corrected chi connectivity index (χ4v) is 2.93. The first kappa shape index (κ1) is 18.7. The Bertz CT molecular complexity index is 485. The number of morpholine rings is 1. The number of benzene rings is 1. The highest BCUT2D eigenvalue weighted by Crippen LogP contribution is 2.12. The third-order valence-corrected chi connectivity index (χ3v) is 4.46. The molecule has 1 fully saturated rings. The highest BCUT2D eigenvalue weighted by Gasteiger charge is 2.14. The average Bonchev–Trinajstić information content (AvgIpc) is 2.63. The first-order valence-corrected chi connectivity index (χ1v) is 8.98. The molecule has 0 spiro atoms. The molecule has 0 aromatic heterocycles. The van der Waals surface area contributed by atoms with Crippen LogP contribution >= 0.6 is 0 Å². The summed E-state index contributed by atoms with van der Waals surface area (Å²) in [7, 11) is 1.83. The van der Waals surface area contributed by atoms with Crippen LogP contribution in [0.25, 0.3) is 0 Å². The van der Waals surface area contributed by atoms with Gasteiger partial charge in [0.05, 0.1) is 13.2 Å². The van der Waals surface area contributed by atoms with Gasteiger partial charge in [0.25, 0.3) is 0 Å². The minimum atomic E-state index is 0.454. The molecule has 5 heteroatoms. The quantitative estimate of drug-likeness (QED) is 0.592. The van der Waals surface area contributed by atoms with Gasteiger partial charge in [0.1, 0.15) is 0 Å². The third kappa shape index (κ3) is 6.49. The highest BCUT2D eigenvalue weighted by atomic mass is 16.5. The molecular formula is C19H32N4O. The van der Waals surface area contributed by atoms with Crippen LogP contribution < -0.4 is 10.6 Å². The summed E-state index contributed by atoms with van der Waals surface area (Å²) >= 11 is 0. The predicted octanol–water partition coefficient (Wildman–Crippen LogP) is 1.92. The summed E-state index contributed by atoms with van der Waals surface area (Å²) < 4.78 is 5.40.